The zero-order valence-electron chi connectivity index (χ0n) is 11.5. The number of nitrogens with zero attached hydrogens (tertiary/aromatic N) is 2. The Morgan fingerprint density at radius 2 is 2.28 bits per heavy atom. The average molecular weight is 249 g/mol. The van der Waals surface area contributed by atoms with Gasteiger partial charge < -0.3 is 10.4 Å². The number of aliphatic hydroxyl groups excluding tert-OH is 1. The summed E-state index contributed by atoms with van der Waals surface area (Å²) in [5.74, 6) is 1.70. The molecule has 1 aliphatic carbocycles. The second-order valence-electron chi connectivity index (χ2n) is 5.55. The van der Waals surface area contributed by atoms with E-state index in [4.69, 9.17) is 0 Å². The lowest BCUT2D eigenvalue weighted by Crippen LogP contribution is -2.36. The molecule has 100 valence electrons. The summed E-state index contributed by atoms with van der Waals surface area (Å²) in [4.78, 5) is 8.82. The number of aromatic nitrogens is 2. The van der Waals surface area contributed by atoms with E-state index in [0.29, 0.717) is 6.04 Å². The normalized spacial score (nSPS) is 27.4. The molecule has 0 aliphatic heterocycles. The molecule has 2 N–H and O–H groups in total. The van der Waals surface area contributed by atoms with Crippen molar-refractivity contribution in [2.75, 3.05) is 11.9 Å². The summed E-state index contributed by atoms with van der Waals surface area (Å²) in [7, 11) is 0. The van der Waals surface area contributed by atoms with Crippen LogP contribution in [0.2, 0.25) is 0 Å². The second-order valence-corrected chi connectivity index (χ2v) is 5.55. The smallest absolute Gasteiger partial charge is 0.130 e. The lowest BCUT2D eigenvalue weighted by Gasteiger charge is -2.30. The zero-order chi connectivity index (χ0) is 13.2. The van der Waals surface area contributed by atoms with Gasteiger partial charge in [0.1, 0.15) is 11.6 Å². The van der Waals surface area contributed by atoms with Crippen LogP contribution in [0.5, 0.6) is 0 Å². The Kier molecular flexibility index (Phi) is 3.85. The van der Waals surface area contributed by atoms with Crippen LogP contribution < -0.4 is 5.32 Å². The maximum Gasteiger partial charge on any atom is 0.130 e. The summed E-state index contributed by atoms with van der Waals surface area (Å²) >= 11 is 0. The van der Waals surface area contributed by atoms with Crippen LogP contribution in [0, 0.1) is 12.3 Å². The molecule has 0 aromatic carbocycles. The van der Waals surface area contributed by atoms with Crippen molar-refractivity contribution in [2.24, 2.45) is 5.41 Å². The first-order chi connectivity index (χ1) is 8.57. The Labute approximate surface area is 109 Å². The Hall–Kier alpha value is -1.16. The van der Waals surface area contributed by atoms with E-state index in [1.54, 1.807) is 0 Å². The molecule has 18 heavy (non-hydrogen) atoms. The van der Waals surface area contributed by atoms with Crippen LogP contribution in [0.4, 0.5) is 5.82 Å². The summed E-state index contributed by atoms with van der Waals surface area (Å²) in [5, 5.41) is 13.0. The number of anilines is 1. The fourth-order valence-electron chi connectivity index (χ4n) is 2.73. The molecule has 1 saturated carbocycles. The molecular weight excluding hydrogens is 226 g/mol. The largest absolute Gasteiger partial charge is 0.396 e. The van der Waals surface area contributed by atoms with Crippen LogP contribution in [0.3, 0.4) is 0 Å². The van der Waals surface area contributed by atoms with Crippen molar-refractivity contribution in [3.8, 4) is 0 Å². The molecule has 0 radical (unpaired) electrons. The molecule has 2 rings (SSSR count). The van der Waals surface area contributed by atoms with E-state index in [1.807, 2.05) is 13.0 Å². The van der Waals surface area contributed by atoms with Gasteiger partial charge in [0.25, 0.3) is 0 Å². The highest BCUT2D eigenvalue weighted by atomic mass is 16.3. The van der Waals surface area contributed by atoms with Crippen molar-refractivity contribution in [1.82, 2.24) is 9.97 Å². The molecule has 2 atom stereocenters. The second kappa shape index (κ2) is 5.22. The van der Waals surface area contributed by atoms with Crippen molar-refractivity contribution >= 4 is 5.82 Å². The highest BCUT2D eigenvalue weighted by Gasteiger charge is 2.38. The van der Waals surface area contributed by atoms with E-state index in [0.717, 1.165) is 36.6 Å². The Balaban J connectivity index is 2.16. The maximum absolute atomic E-state index is 9.56. The fraction of sp³-hybridized carbons (Fsp3) is 0.714. The van der Waals surface area contributed by atoms with Gasteiger partial charge in [-0.2, -0.15) is 0 Å². The molecule has 0 spiro atoms. The minimum Gasteiger partial charge on any atom is -0.396 e. The van der Waals surface area contributed by atoms with Crippen LogP contribution in [-0.4, -0.2) is 27.7 Å². The van der Waals surface area contributed by atoms with E-state index in [2.05, 4.69) is 29.1 Å². The van der Waals surface area contributed by atoms with Gasteiger partial charge in [-0.3, -0.25) is 0 Å². The minimum atomic E-state index is -0.0226. The van der Waals surface area contributed by atoms with E-state index in [-0.39, 0.29) is 12.0 Å². The number of hydrogen-bond donors (Lipinski definition) is 2. The molecule has 1 aliphatic rings. The van der Waals surface area contributed by atoms with E-state index < -0.39 is 0 Å². The number of nitrogens with one attached hydrogen (secondary N) is 1. The predicted octanol–water partition coefficient (Wildman–Crippen LogP) is 2.31. The first-order valence-corrected chi connectivity index (χ1v) is 6.79. The lowest BCUT2D eigenvalue weighted by molar-refractivity contribution is 0.139. The van der Waals surface area contributed by atoms with Crippen LogP contribution in [0.25, 0.3) is 0 Å². The Morgan fingerprint density at radius 1 is 1.50 bits per heavy atom. The van der Waals surface area contributed by atoms with Gasteiger partial charge in [0.2, 0.25) is 0 Å². The molecule has 1 heterocycles. The Bertz CT molecular complexity index is 422. The summed E-state index contributed by atoms with van der Waals surface area (Å²) in [6.45, 7) is 6.39. The van der Waals surface area contributed by atoms with Gasteiger partial charge in [0, 0.05) is 23.2 Å². The minimum absolute atomic E-state index is 0.0226. The quantitative estimate of drug-likeness (QED) is 0.859. The summed E-state index contributed by atoms with van der Waals surface area (Å²) in [6, 6.07) is 2.32. The molecule has 0 bridgehead atoms. The van der Waals surface area contributed by atoms with Crippen LogP contribution in [0.1, 0.15) is 44.6 Å². The first-order valence-electron chi connectivity index (χ1n) is 6.79. The molecular formula is C14H23N3O. The molecule has 2 unspecified atom stereocenters. The SMILES string of the molecule is CCc1cc(NC2CCCC2(C)CO)nc(C)n1. The molecule has 1 aromatic heterocycles. The molecule has 0 amide bonds. The summed E-state index contributed by atoms with van der Waals surface area (Å²) < 4.78 is 0. The number of aryl methyl sites for hydroxylation is 2. The van der Waals surface area contributed by atoms with Crippen molar-refractivity contribution in [3.63, 3.8) is 0 Å². The number of rotatable bonds is 4. The highest BCUT2D eigenvalue weighted by Crippen LogP contribution is 2.38. The third-order valence-electron chi connectivity index (χ3n) is 4.02. The third kappa shape index (κ3) is 2.64. The van der Waals surface area contributed by atoms with Gasteiger partial charge in [-0.25, -0.2) is 9.97 Å². The van der Waals surface area contributed by atoms with Crippen molar-refractivity contribution < 1.29 is 5.11 Å². The van der Waals surface area contributed by atoms with E-state index >= 15 is 0 Å². The molecule has 0 saturated heterocycles. The maximum atomic E-state index is 9.56. The van der Waals surface area contributed by atoms with E-state index in [1.165, 1.54) is 6.42 Å². The van der Waals surface area contributed by atoms with Crippen LogP contribution in [-0.2, 0) is 6.42 Å². The van der Waals surface area contributed by atoms with Gasteiger partial charge >= 0.3 is 0 Å². The summed E-state index contributed by atoms with van der Waals surface area (Å²) in [5.41, 5.74) is 1.04. The van der Waals surface area contributed by atoms with Crippen molar-refractivity contribution in [3.05, 3.63) is 17.6 Å². The molecule has 1 aromatic rings. The highest BCUT2D eigenvalue weighted by molar-refractivity contribution is 5.38. The topological polar surface area (TPSA) is 58.0 Å². The standard InChI is InChI=1S/C14H23N3O/c1-4-11-8-13(16-10(2)15-11)17-12-6-5-7-14(12,3)9-18/h8,12,18H,4-7,9H2,1-3H3,(H,15,16,17). The fourth-order valence-corrected chi connectivity index (χ4v) is 2.73. The van der Waals surface area contributed by atoms with Gasteiger partial charge in [-0.15, -0.1) is 0 Å². The van der Waals surface area contributed by atoms with E-state index in [9.17, 15) is 5.11 Å². The predicted molar refractivity (Wildman–Crippen MR) is 72.6 cm³/mol. The molecule has 1 fully saturated rings. The monoisotopic (exact) mass is 249 g/mol. The van der Waals surface area contributed by atoms with Crippen LogP contribution in [0.15, 0.2) is 6.07 Å². The Morgan fingerprint density at radius 3 is 2.94 bits per heavy atom. The number of hydrogen-bond acceptors (Lipinski definition) is 4. The molecule has 4 heteroatoms. The van der Waals surface area contributed by atoms with Crippen LogP contribution >= 0.6 is 0 Å². The molecule has 4 nitrogen and oxygen atoms in total. The first kappa shape index (κ1) is 13.3. The van der Waals surface area contributed by atoms with Gasteiger partial charge in [-0.05, 0) is 26.2 Å². The lowest BCUT2D eigenvalue weighted by atomic mass is 9.86. The summed E-state index contributed by atoms with van der Waals surface area (Å²) in [6.07, 6.45) is 4.26. The number of aliphatic hydroxyl groups is 1. The average Bonchev–Trinajstić information content (AvgIpc) is 2.71. The third-order valence-corrected chi connectivity index (χ3v) is 4.02. The zero-order valence-corrected chi connectivity index (χ0v) is 11.5. The van der Waals surface area contributed by atoms with Crippen molar-refractivity contribution in [2.45, 2.75) is 52.5 Å². The van der Waals surface area contributed by atoms with Gasteiger partial charge in [0.05, 0.1) is 6.61 Å². The van der Waals surface area contributed by atoms with Gasteiger partial charge in [0.15, 0.2) is 0 Å². The van der Waals surface area contributed by atoms with Gasteiger partial charge in [-0.1, -0.05) is 20.3 Å². The van der Waals surface area contributed by atoms with Crippen molar-refractivity contribution in [1.29, 1.82) is 0 Å².